The molecule has 0 amide bonds. The smallest absolute Gasteiger partial charge is 0.143 e. The molecular formula is C39H24FNO. The van der Waals surface area contributed by atoms with Crippen molar-refractivity contribution < 1.29 is 8.81 Å². The lowest BCUT2D eigenvalue weighted by Crippen LogP contribution is -2.12. The molecule has 9 rings (SSSR count). The summed E-state index contributed by atoms with van der Waals surface area (Å²) in [7, 11) is 0. The molecule has 0 aliphatic heterocycles. The van der Waals surface area contributed by atoms with Crippen LogP contribution in [0.1, 0.15) is 11.1 Å². The number of halogens is 1. The normalized spacial score (nSPS) is 12.3. The van der Waals surface area contributed by atoms with E-state index in [1.165, 1.54) is 27.6 Å². The monoisotopic (exact) mass is 541 g/mol. The summed E-state index contributed by atoms with van der Waals surface area (Å²) in [5.41, 5.74) is 9.95. The van der Waals surface area contributed by atoms with E-state index in [0.29, 0.717) is 0 Å². The number of rotatable bonds is 3. The largest absolute Gasteiger partial charge is 0.455 e. The van der Waals surface area contributed by atoms with Crippen molar-refractivity contribution in [1.29, 1.82) is 0 Å². The Hall–Kier alpha value is -5.41. The van der Waals surface area contributed by atoms with Gasteiger partial charge in [-0.3, -0.25) is 0 Å². The quantitative estimate of drug-likeness (QED) is 0.221. The number of fused-ring (bicyclic) bond motifs is 10. The minimum absolute atomic E-state index is 0.257. The number of hydrogen-bond donors (Lipinski definition) is 0. The Kier molecular flexibility index (Phi) is 4.88. The lowest BCUT2D eigenvalue weighted by Gasteiger charge is -2.29. The van der Waals surface area contributed by atoms with Gasteiger partial charge >= 0.3 is 0 Å². The first-order valence-corrected chi connectivity index (χ1v) is 14.3. The van der Waals surface area contributed by atoms with E-state index in [4.69, 9.17) is 4.42 Å². The van der Waals surface area contributed by atoms with Crippen LogP contribution in [0.3, 0.4) is 0 Å². The first-order valence-electron chi connectivity index (χ1n) is 14.3. The van der Waals surface area contributed by atoms with Crippen molar-refractivity contribution in [1.82, 2.24) is 0 Å². The zero-order chi connectivity index (χ0) is 27.8. The van der Waals surface area contributed by atoms with Crippen molar-refractivity contribution in [2.45, 2.75) is 6.42 Å². The Balaban J connectivity index is 1.43. The van der Waals surface area contributed by atoms with Crippen LogP contribution in [-0.4, -0.2) is 0 Å². The van der Waals surface area contributed by atoms with E-state index in [-0.39, 0.29) is 5.82 Å². The molecule has 1 heterocycles. The summed E-state index contributed by atoms with van der Waals surface area (Å²) < 4.78 is 20.7. The Labute approximate surface area is 241 Å². The molecule has 0 spiro atoms. The van der Waals surface area contributed by atoms with Gasteiger partial charge in [0.25, 0.3) is 0 Å². The molecule has 0 saturated heterocycles. The van der Waals surface area contributed by atoms with Crippen LogP contribution in [0.15, 0.2) is 138 Å². The fourth-order valence-electron chi connectivity index (χ4n) is 6.87. The zero-order valence-electron chi connectivity index (χ0n) is 22.6. The van der Waals surface area contributed by atoms with Gasteiger partial charge in [0.05, 0.1) is 11.4 Å². The second kappa shape index (κ2) is 8.79. The van der Waals surface area contributed by atoms with Gasteiger partial charge in [-0.2, -0.15) is 0 Å². The first-order chi connectivity index (χ1) is 20.7. The Morgan fingerprint density at radius 3 is 1.95 bits per heavy atom. The molecule has 0 fully saturated rings. The number of benzene rings is 7. The molecule has 1 aliphatic rings. The van der Waals surface area contributed by atoms with Crippen LogP contribution < -0.4 is 4.90 Å². The van der Waals surface area contributed by atoms with Crippen molar-refractivity contribution in [2.24, 2.45) is 0 Å². The van der Waals surface area contributed by atoms with Crippen LogP contribution in [0.5, 0.6) is 0 Å². The lowest BCUT2D eigenvalue weighted by atomic mass is 9.95. The average molecular weight is 542 g/mol. The fraction of sp³-hybridized carbons (Fsp3) is 0.0256. The van der Waals surface area contributed by atoms with Gasteiger partial charge in [0.15, 0.2) is 0 Å². The minimum Gasteiger partial charge on any atom is -0.455 e. The highest BCUT2D eigenvalue weighted by Crippen LogP contribution is 2.50. The standard InChI is InChI=1S/C39H24FNO/c40-25-17-19-26(20-18-25)41(36-22-34-27-10-2-1-9-24(27)21-33(34)28-11-3-4-12-29(28)36)37-23-35-31-14-7-8-16-38(31)42-39(35)32-15-6-5-13-30(32)37/h1-20,22-23H,21H2. The predicted octanol–water partition coefficient (Wildman–Crippen LogP) is 11.1. The van der Waals surface area contributed by atoms with Crippen molar-refractivity contribution in [3.8, 4) is 11.1 Å². The van der Waals surface area contributed by atoms with E-state index in [2.05, 4.69) is 102 Å². The van der Waals surface area contributed by atoms with E-state index in [9.17, 15) is 4.39 Å². The third kappa shape index (κ3) is 3.31. The van der Waals surface area contributed by atoms with Crippen molar-refractivity contribution in [3.05, 3.63) is 150 Å². The second-order valence-electron chi connectivity index (χ2n) is 11.0. The van der Waals surface area contributed by atoms with Crippen molar-refractivity contribution in [3.63, 3.8) is 0 Å². The molecule has 42 heavy (non-hydrogen) atoms. The SMILES string of the molecule is Fc1ccc(N(c2cc3c(c4ccccc24)Cc2ccccc2-3)c2cc3c4ccccc4oc3c3ccccc23)cc1. The molecule has 3 heteroatoms. The summed E-state index contributed by atoms with van der Waals surface area (Å²) in [6, 6.07) is 45.4. The first kappa shape index (κ1) is 23.3. The summed E-state index contributed by atoms with van der Waals surface area (Å²) in [6.45, 7) is 0. The second-order valence-corrected chi connectivity index (χ2v) is 11.0. The zero-order valence-corrected chi connectivity index (χ0v) is 22.6. The molecule has 0 N–H and O–H groups in total. The van der Waals surface area contributed by atoms with Crippen LogP contribution in [0.2, 0.25) is 0 Å². The van der Waals surface area contributed by atoms with Crippen molar-refractivity contribution in [2.75, 3.05) is 4.90 Å². The van der Waals surface area contributed by atoms with E-state index >= 15 is 0 Å². The van der Waals surface area contributed by atoms with Crippen molar-refractivity contribution >= 4 is 60.5 Å². The molecule has 7 aromatic carbocycles. The molecule has 0 atom stereocenters. The molecule has 0 saturated carbocycles. The van der Waals surface area contributed by atoms with Gasteiger partial charge in [0.2, 0.25) is 0 Å². The van der Waals surface area contributed by atoms with Gasteiger partial charge in [0, 0.05) is 32.6 Å². The van der Waals surface area contributed by atoms with Crippen LogP contribution in [0.25, 0.3) is 54.6 Å². The van der Waals surface area contributed by atoms with Crippen LogP contribution in [0, 0.1) is 5.82 Å². The van der Waals surface area contributed by atoms with Gasteiger partial charge in [-0.15, -0.1) is 0 Å². The summed E-state index contributed by atoms with van der Waals surface area (Å²) in [5.74, 6) is -0.257. The Morgan fingerprint density at radius 2 is 1.14 bits per heavy atom. The minimum atomic E-state index is -0.257. The highest BCUT2D eigenvalue weighted by atomic mass is 19.1. The number of hydrogen-bond acceptors (Lipinski definition) is 2. The van der Waals surface area contributed by atoms with Gasteiger partial charge < -0.3 is 9.32 Å². The van der Waals surface area contributed by atoms with Gasteiger partial charge in [-0.05, 0) is 76.5 Å². The topological polar surface area (TPSA) is 16.4 Å². The molecule has 198 valence electrons. The highest BCUT2D eigenvalue weighted by molar-refractivity contribution is 6.20. The molecule has 1 aromatic heterocycles. The molecule has 0 unspecified atom stereocenters. The van der Waals surface area contributed by atoms with E-state index in [0.717, 1.165) is 61.6 Å². The van der Waals surface area contributed by atoms with Crippen LogP contribution in [0.4, 0.5) is 21.5 Å². The third-order valence-electron chi connectivity index (χ3n) is 8.74. The Bertz CT molecular complexity index is 2350. The van der Waals surface area contributed by atoms with E-state index in [1.54, 1.807) is 12.1 Å². The molecule has 0 radical (unpaired) electrons. The molecule has 8 aromatic rings. The summed E-state index contributed by atoms with van der Waals surface area (Å²) in [6.07, 6.45) is 0.915. The molecule has 1 aliphatic carbocycles. The Morgan fingerprint density at radius 1 is 0.524 bits per heavy atom. The summed E-state index contributed by atoms with van der Waals surface area (Å²) in [5, 5.41) is 6.65. The molecule has 0 bridgehead atoms. The predicted molar refractivity (Wildman–Crippen MR) is 172 cm³/mol. The number of para-hydroxylation sites is 1. The summed E-state index contributed by atoms with van der Waals surface area (Å²) >= 11 is 0. The van der Waals surface area contributed by atoms with Gasteiger partial charge in [0.1, 0.15) is 17.0 Å². The van der Waals surface area contributed by atoms with E-state index in [1.807, 2.05) is 24.3 Å². The van der Waals surface area contributed by atoms with Crippen LogP contribution in [-0.2, 0) is 6.42 Å². The fourth-order valence-corrected chi connectivity index (χ4v) is 6.87. The highest BCUT2D eigenvalue weighted by Gasteiger charge is 2.26. The maximum atomic E-state index is 14.3. The maximum absolute atomic E-state index is 14.3. The summed E-state index contributed by atoms with van der Waals surface area (Å²) in [4.78, 5) is 2.30. The average Bonchev–Trinajstić information content (AvgIpc) is 3.61. The van der Waals surface area contributed by atoms with E-state index < -0.39 is 0 Å². The third-order valence-corrected chi connectivity index (χ3v) is 8.74. The lowest BCUT2D eigenvalue weighted by molar-refractivity contribution is 0.628. The number of nitrogens with zero attached hydrogens (tertiary/aromatic N) is 1. The maximum Gasteiger partial charge on any atom is 0.143 e. The van der Waals surface area contributed by atoms with Gasteiger partial charge in [-0.25, -0.2) is 4.39 Å². The van der Waals surface area contributed by atoms with Crippen LogP contribution >= 0.6 is 0 Å². The number of furan rings is 1. The van der Waals surface area contributed by atoms with Gasteiger partial charge in [-0.1, -0.05) is 91.0 Å². The molecule has 2 nitrogen and oxygen atoms in total. The molecular weight excluding hydrogens is 517 g/mol. The number of anilines is 3.